The highest BCUT2D eigenvalue weighted by Gasteiger charge is 2.28. The normalized spacial score (nSPS) is 20.8. The molecule has 0 amide bonds. The Morgan fingerprint density at radius 1 is 1.08 bits per heavy atom. The van der Waals surface area contributed by atoms with Gasteiger partial charge in [-0.25, -0.2) is 9.97 Å². The van der Waals surface area contributed by atoms with E-state index < -0.39 is 0 Å². The molecule has 2 aromatic rings. The first-order valence-electron chi connectivity index (χ1n) is 9.82. The van der Waals surface area contributed by atoms with Gasteiger partial charge in [0.15, 0.2) is 5.82 Å². The van der Waals surface area contributed by atoms with E-state index in [1.54, 1.807) is 0 Å². The zero-order valence-corrected chi connectivity index (χ0v) is 15.6. The fourth-order valence-corrected chi connectivity index (χ4v) is 4.09. The molecule has 1 N–H and O–H groups in total. The van der Waals surface area contributed by atoms with E-state index in [1.807, 2.05) is 18.2 Å². The minimum atomic E-state index is 0.263. The molecule has 1 atom stereocenters. The quantitative estimate of drug-likeness (QED) is 0.916. The summed E-state index contributed by atoms with van der Waals surface area (Å²) in [5.41, 5.74) is 3.60. The summed E-state index contributed by atoms with van der Waals surface area (Å²) >= 11 is 0. The van der Waals surface area contributed by atoms with Crippen LogP contribution in [-0.2, 0) is 12.8 Å². The number of hydrogen-bond acceptors (Lipinski definition) is 5. The van der Waals surface area contributed by atoms with Crippen LogP contribution in [0.3, 0.4) is 0 Å². The van der Waals surface area contributed by atoms with E-state index in [-0.39, 0.29) is 6.61 Å². The highest BCUT2D eigenvalue weighted by molar-refractivity contribution is 5.61. The van der Waals surface area contributed by atoms with Crippen molar-refractivity contribution in [1.82, 2.24) is 14.9 Å². The monoisotopic (exact) mass is 352 g/mol. The molecule has 138 valence electrons. The number of nitrogens with zero attached hydrogens (tertiary/aromatic N) is 4. The SMILES string of the molecule is CCN1CCc2nc(-c3ccccc3)nc(N3CC[C@H](CO)C3)c2CC1. The number of benzene rings is 1. The molecule has 1 fully saturated rings. The predicted octanol–water partition coefficient (Wildman–Crippen LogP) is 2.38. The van der Waals surface area contributed by atoms with Crippen LogP contribution < -0.4 is 4.90 Å². The molecule has 4 rings (SSSR count). The number of fused-ring (bicyclic) bond motifs is 1. The van der Waals surface area contributed by atoms with E-state index in [0.29, 0.717) is 5.92 Å². The molecule has 1 aromatic carbocycles. The van der Waals surface area contributed by atoms with Crippen LogP contribution in [0, 0.1) is 5.92 Å². The zero-order valence-electron chi connectivity index (χ0n) is 15.6. The molecule has 5 heteroatoms. The van der Waals surface area contributed by atoms with Gasteiger partial charge >= 0.3 is 0 Å². The third-order valence-corrected chi connectivity index (χ3v) is 5.74. The largest absolute Gasteiger partial charge is 0.396 e. The van der Waals surface area contributed by atoms with Gasteiger partial charge in [-0.3, -0.25) is 0 Å². The molecule has 0 saturated carbocycles. The van der Waals surface area contributed by atoms with Crippen LogP contribution in [-0.4, -0.2) is 59.3 Å². The molecule has 0 aliphatic carbocycles. The van der Waals surface area contributed by atoms with E-state index in [1.165, 1.54) is 11.3 Å². The molecule has 3 heterocycles. The molecule has 0 bridgehead atoms. The summed E-state index contributed by atoms with van der Waals surface area (Å²) in [6.07, 6.45) is 3.03. The fraction of sp³-hybridized carbons (Fsp3) is 0.524. The molecule has 26 heavy (non-hydrogen) atoms. The third kappa shape index (κ3) is 3.46. The van der Waals surface area contributed by atoms with Crippen molar-refractivity contribution in [3.63, 3.8) is 0 Å². The lowest BCUT2D eigenvalue weighted by atomic mass is 10.1. The molecule has 0 unspecified atom stereocenters. The number of anilines is 1. The zero-order chi connectivity index (χ0) is 17.9. The Kier molecular flexibility index (Phi) is 5.18. The minimum absolute atomic E-state index is 0.263. The van der Waals surface area contributed by atoms with Crippen molar-refractivity contribution in [2.45, 2.75) is 26.2 Å². The summed E-state index contributed by atoms with van der Waals surface area (Å²) in [5.74, 6) is 2.29. The van der Waals surface area contributed by atoms with Gasteiger partial charge in [0.25, 0.3) is 0 Å². The summed E-state index contributed by atoms with van der Waals surface area (Å²) in [7, 11) is 0. The average Bonchev–Trinajstić information content (AvgIpc) is 3.08. The minimum Gasteiger partial charge on any atom is -0.396 e. The van der Waals surface area contributed by atoms with Gasteiger partial charge in [-0.05, 0) is 19.4 Å². The van der Waals surface area contributed by atoms with Gasteiger partial charge in [0.2, 0.25) is 0 Å². The molecule has 0 spiro atoms. The van der Waals surface area contributed by atoms with Gasteiger partial charge in [0.05, 0.1) is 5.69 Å². The Morgan fingerprint density at radius 3 is 2.62 bits per heavy atom. The molecule has 1 saturated heterocycles. The second-order valence-corrected chi connectivity index (χ2v) is 7.38. The Labute approximate surface area is 155 Å². The highest BCUT2D eigenvalue weighted by Crippen LogP contribution is 2.31. The smallest absolute Gasteiger partial charge is 0.161 e. The van der Waals surface area contributed by atoms with E-state index >= 15 is 0 Å². The van der Waals surface area contributed by atoms with Crippen molar-refractivity contribution < 1.29 is 5.11 Å². The second kappa shape index (κ2) is 7.72. The van der Waals surface area contributed by atoms with Crippen LogP contribution in [0.4, 0.5) is 5.82 Å². The molecule has 0 radical (unpaired) electrons. The second-order valence-electron chi connectivity index (χ2n) is 7.38. The topological polar surface area (TPSA) is 52.5 Å². The van der Waals surface area contributed by atoms with E-state index in [2.05, 4.69) is 28.9 Å². The third-order valence-electron chi connectivity index (χ3n) is 5.74. The summed E-state index contributed by atoms with van der Waals surface area (Å²) in [5, 5.41) is 9.55. The molecule has 2 aliphatic rings. The Hall–Kier alpha value is -1.98. The van der Waals surface area contributed by atoms with Crippen molar-refractivity contribution >= 4 is 5.82 Å². The summed E-state index contributed by atoms with van der Waals surface area (Å²) in [6.45, 7) is 7.57. The van der Waals surface area contributed by atoms with Crippen LogP contribution in [0.5, 0.6) is 0 Å². The fourth-order valence-electron chi connectivity index (χ4n) is 4.09. The first-order valence-corrected chi connectivity index (χ1v) is 9.82. The van der Waals surface area contributed by atoms with Crippen molar-refractivity contribution in [2.24, 2.45) is 5.92 Å². The van der Waals surface area contributed by atoms with Gasteiger partial charge in [0.1, 0.15) is 5.82 Å². The Bertz CT molecular complexity index is 749. The number of aliphatic hydroxyl groups is 1. The van der Waals surface area contributed by atoms with Gasteiger partial charge < -0.3 is 14.9 Å². The number of likely N-dealkylation sites (N-methyl/N-ethyl adjacent to an activating group) is 1. The first-order chi connectivity index (χ1) is 12.8. The van der Waals surface area contributed by atoms with Crippen molar-refractivity contribution in [1.29, 1.82) is 0 Å². The lowest BCUT2D eigenvalue weighted by molar-refractivity contribution is 0.238. The van der Waals surface area contributed by atoms with E-state index in [0.717, 1.165) is 69.2 Å². The maximum Gasteiger partial charge on any atom is 0.161 e. The van der Waals surface area contributed by atoms with E-state index in [4.69, 9.17) is 9.97 Å². The molecule has 1 aromatic heterocycles. The molecular formula is C21H28N4O. The number of rotatable bonds is 4. The van der Waals surface area contributed by atoms with Crippen LogP contribution >= 0.6 is 0 Å². The van der Waals surface area contributed by atoms with Gasteiger partial charge in [-0.2, -0.15) is 0 Å². The highest BCUT2D eigenvalue weighted by atomic mass is 16.3. The molecule has 2 aliphatic heterocycles. The van der Waals surface area contributed by atoms with Crippen LogP contribution in [0.15, 0.2) is 30.3 Å². The van der Waals surface area contributed by atoms with Gasteiger partial charge in [0, 0.05) is 56.3 Å². The molecule has 5 nitrogen and oxygen atoms in total. The lowest BCUT2D eigenvalue weighted by Gasteiger charge is -2.23. The first kappa shape index (κ1) is 17.4. The van der Waals surface area contributed by atoms with Gasteiger partial charge in [-0.15, -0.1) is 0 Å². The average molecular weight is 352 g/mol. The van der Waals surface area contributed by atoms with E-state index in [9.17, 15) is 5.11 Å². The van der Waals surface area contributed by atoms with Crippen molar-refractivity contribution in [2.75, 3.05) is 44.2 Å². The van der Waals surface area contributed by atoms with Crippen LogP contribution in [0.2, 0.25) is 0 Å². The van der Waals surface area contributed by atoms with Crippen molar-refractivity contribution in [3.8, 4) is 11.4 Å². The predicted molar refractivity (Wildman–Crippen MR) is 104 cm³/mol. The Balaban J connectivity index is 1.75. The number of aromatic nitrogens is 2. The summed E-state index contributed by atoms with van der Waals surface area (Å²) in [6, 6.07) is 10.3. The lowest BCUT2D eigenvalue weighted by Crippen LogP contribution is -2.26. The van der Waals surface area contributed by atoms with Crippen molar-refractivity contribution in [3.05, 3.63) is 41.6 Å². The standard InChI is InChI=1S/C21H28N4O/c1-2-24-11-9-18-19(10-12-24)22-20(17-6-4-3-5-7-17)23-21(18)25-13-8-16(14-25)15-26/h3-7,16,26H,2,8-15H2,1H3/t16-/m0/s1. The van der Waals surface area contributed by atoms with Gasteiger partial charge in [-0.1, -0.05) is 37.3 Å². The summed E-state index contributed by atoms with van der Waals surface area (Å²) < 4.78 is 0. The molecular weight excluding hydrogens is 324 g/mol. The van der Waals surface area contributed by atoms with Crippen LogP contribution in [0.1, 0.15) is 24.6 Å². The summed E-state index contributed by atoms with van der Waals surface area (Å²) in [4.78, 5) is 14.8. The maximum atomic E-state index is 9.55. The maximum absolute atomic E-state index is 9.55. The number of aliphatic hydroxyl groups excluding tert-OH is 1. The van der Waals surface area contributed by atoms with Crippen LogP contribution in [0.25, 0.3) is 11.4 Å². The Morgan fingerprint density at radius 2 is 1.88 bits per heavy atom. The number of hydrogen-bond donors (Lipinski definition) is 1.